The van der Waals surface area contributed by atoms with E-state index < -0.39 is 6.10 Å². The van der Waals surface area contributed by atoms with Gasteiger partial charge in [-0.05, 0) is 26.2 Å². The van der Waals surface area contributed by atoms with Crippen molar-refractivity contribution < 1.29 is 14.6 Å². The van der Waals surface area contributed by atoms with Crippen LogP contribution in [0, 0.1) is 6.92 Å². The van der Waals surface area contributed by atoms with Crippen LogP contribution in [0.25, 0.3) is 11.3 Å². The molecule has 0 bridgehead atoms. The number of piperidine rings is 1. The molecule has 2 N–H and O–H groups in total. The lowest BCUT2D eigenvalue weighted by Gasteiger charge is -2.42. The van der Waals surface area contributed by atoms with Gasteiger partial charge in [0.25, 0.3) is 0 Å². The van der Waals surface area contributed by atoms with Crippen LogP contribution in [0.15, 0.2) is 30.3 Å². The van der Waals surface area contributed by atoms with E-state index in [1.54, 1.807) is 0 Å². The number of carbonyl (C=O) groups excluding carboxylic acids is 1. The largest absolute Gasteiger partial charge is 0.389 e. The second-order valence-corrected chi connectivity index (χ2v) is 8.56. The molecule has 3 heterocycles. The Hall–Kier alpha value is -1.80. The molecule has 1 aromatic carbocycles. The highest BCUT2D eigenvalue weighted by Gasteiger charge is 2.45. The minimum Gasteiger partial charge on any atom is -0.389 e. The number of ether oxygens (including phenoxy) is 1. The van der Waals surface area contributed by atoms with E-state index in [1.165, 1.54) is 11.3 Å². The fraction of sp³-hybridized carbons (Fsp3) is 0.500. The van der Waals surface area contributed by atoms with Crippen molar-refractivity contribution in [2.75, 3.05) is 31.6 Å². The third-order valence-electron chi connectivity index (χ3n) is 5.48. The van der Waals surface area contributed by atoms with Gasteiger partial charge in [0, 0.05) is 30.1 Å². The van der Waals surface area contributed by atoms with Crippen LogP contribution < -0.4 is 5.32 Å². The quantitative estimate of drug-likeness (QED) is 0.844. The van der Waals surface area contributed by atoms with Gasteiger partial charge in [0.1, 0.15) is 0 Å². The summed E-state index contributed by atoms with van der Waals surface area (Å²) in [6.07, 6.45) is 2.16. The van der Waals surface area contributed by atoms with E-state index in [1.807, 2.05) is 42.2 Å². The fourth-order valence-corrected chi connectivity index (χ4v) is 4.87. The maximum Gasteiger partial charge on any atom is 0.240 e. The molecule has 4 rings (SSSR count). The summed E-state index contributed by atoms with van der Waals surface area (Å²) in [6, 6.07) is 9.97. The van der Waals surface area contributed by atoms with Gasteiger partial charge in [0.2, 0.25) is 5.91 Å². The first-order chi connectivity index (χ1) is 13.1. The number of hydrogen-bond donors (Lipinski definition) is 2. The highest BCUT2D eigenvalue weighted by Crippen LogP contribution is 2.36. The molecule has 27 heavy (non-hydrogen) atoms. The first-order valence-corrected chi connectivity index (χ1v) is 10.2. The molecule has 2 aliphatic heterocycles. The van der Waals surface area contributed by atoms with Crippen molar-refractivity contribution in [3.63, 3.8) is 0 Å². The topological polar surface area (TPSA) is 74.7 Å². The Kier molecular flexibility index (Phi) is 5.27. The molecule has 144 valence electrons. The zero-order valence-electron chi connectivity index (χ0n) is 15.5. The van der Waals surface area contributed by atoms with Crippen molar-refractivity contribution in [2.45, 2.75) is 37.9 Å². The molecule has 2 saturated heterocycles. The molecule has 2 atom stereocenters. The van der Waals surface area contributed by atoms with E-state index in [2.05, 4.69) is 10.3 Å². The zero-order valence-corrected chi connectivity index (χ0v) is 16.3. The number of aliphatic hydroxyl groups excluding tert-OH is 1. The summed E-state index contributed by atoms with van der Waals surface area (Å²) < 4.78 is 5.82. The zero-order chi connectivity index (χ0) is 18.9. The molecule has 2 fully saturated rings. The van der Waals surface area contributed by atoms with Gasteiger partial charge in [-0.1, -0.05) is 30.3 Å². The number of rotatable bonds is 4. The van der Waals surface area contributed by atoms with Crippen LogP contribution in [0.3, 0.4) is 0 Å². The van der Waals surface area contributed by atoms with Crippen LogP contribution in [0.5, 0.6) is 0 Å². The van der Waals surface area contributed by atoms with E-state index in [0.717, 1.165) is 48.5 Å². The average Bonchev–Trinajstić information content (AvgIpc) is 3.27. The number of aryl methyl sites for hydroxylation is 1. The Morgan fingerprint density at radius 2 is 2.22 bits per heavy atom. The minimum atomic E-state index is -0.534. The molecule has 1 spiro atoms. The van der Waals surface area contributed by atoms with Gasteiger partial charge in [-0.2, -0.15) is 0 Å². The number of carbonyl (C=O) groups is 1. The first kappa shape index (κ1) is 18.6. The van der Waals surface area contributed by atoms with Crippen LogP contribution in [0.4, 0.5) is 5.13 Å². The predicted octanol–water partition coefficient (Wildman–Crippen LogP) is 2.67. The number of aromatic nitrogens is 1. The molecule has 1 amide bonds. The van der Waals surface area contributed by atoms with Gasteiger partial charge < -0.3 is 15.2 Å². The van der Waals surface area contributed by atoms with Crippen LogP contribution >= 0.6 is 11.3 Å². The minimum absolute atomic E-state index is 0.0983. The Balaban J connectivity index is 1.35. The second kappa shape index (κ2) is 7.67. The lowest BCUT2D eigenvalue weighted by Crippen LogP contribution is -2.56. The summed E-state index contributed by atoms with van der Waals surface area (Å²) >= 11 is 1.48. The number of amides is 1. The van der Waals surface area contributed by atoms with Crippen molar-refractivity contribution in [3.05, 3.63) is 35.2 Å². The molecule has 0 saturated carbocycles. The standard InChI is InChI=1S/C20H25N3O3S/c1-14-18(15-6-3-2-4-7-15)22-19(27-14)21-17(25)13-23-10-9-20(16(24)12-23)8-5-11-26-20/h2-4,6-7,16,24H,5,8-13H2,1H3,(H,21,22,25)/t16-,20-/m0/s1. The monoisotopic (exact) mass is 387 g/mol. The lowest BCUT2D eigenvalue weighted by atomic mass is 9.86. The van der Waals surface area contributed by atoms with Gasteiger partial charge >= 0.3 is 0 Å². The molecule has 0 aliphatic carbocycles. The lowest BCUT2D eigenvalue weighted by molar-refractivity contribution is -0.135. The number of benzene rings is 1. The fourth-order valence-electron chi connectivity index (χ4n) is 4.01. The van der Waals surface area contributed by atoms with Crippen molar-refractivity contribution in [2.24, 2.45) is 0 Å². The van der Waals surface area contributed by atoms with Crippen molar-refractivity contribution in [1.29, 1.82) is 0 Å². The van der Waals surface area contributed by atoms with Crippen molar-refractivity contribution in [1.82, 2.24) is 9.88 Å². The summed E-state index contributed by atoms with van der Waals surface area (Å²) in [4.78, 5) is 20.1. The number of hydrogen-bond acceptors (Lipinski definition) is 6. The van der Waals surface area contributed by atoms with Gasteiger partial charge in [0.05, 0.1) is 23.9 Å². The molecular weight excluding hydrogens is 362 g/mol. The van der Waals surface area contributed by atoms with Crippen LogP contribution in [-0.4, -0.2) is 58.8 Å². The first-order valence-electron chi connectivity index (χ1n) is 9.43. The number of thiazole rings is 1. The molecule has 0 unspecified atom stereocenters. The average molecular weight is 388 g/mol. The predicted molar refractivity (Wildman–Crippen MR) is 106 cm³/mol. The van der Waals surface area contributed by atoms with Crippen molar-refractivity contribution >= 4 is 22.4 Å². The molecule has 2 aliphatic rings. The Bertz CT molecular complexity index is 802. The SMILES string of the molecule is Cc1sc(NC(=O)CN2CC[C@@]3(CCCO3)[C@@H](O)C2)nc1-c1ccccc1. The highest BCUT2D eigenvalue weighted by molar-refractivity contribution is 7.16. The molecule has 7 heteroatoms. The summed E-state index contributed by atoms with van der Waals surface area (Å²) in [5.74, 6) is -0.0983. The van der Waals surface area contributed by atoms with Gasteiger partial charge in [0.15, 0.2) is 5.13 Å². The molecule has 1 aromatic heterocycles. The normalized spacial score (nSPS) is 25.8. The maximum absolute atomic E-state index is 12.5. The number of β-amino-alcohol motifs (C(OH)–C–C–N with tert-alkyl or cyclic N) is 1. The van der Waals surface area contributed by atoms with Crippen LogP contribution in [-0.2, 0) is 9.53 Å². The molecule has 6 nitrogen and oxygen atoms in total. The Morgan fingerprint density at radius 3 is 2.93 bits per heavy atom. The van der Waals surface area contributed by atoms with E-state index in [0.29, 0.717) is 11.7 Å². The van der Waals surface area contributed by atoms with E-state index >= 15 is 0 Å². The molecule has 2 aromatic rings. The number of nitrogens with one attached hydrogen (secondary N) is 1. The van der Waals surface area contributed by atoms with Crippen molar-refractivity contribution in [3.8, 4) is 11.3 Å². The van der Waals surface area contributed by atoms with Crippen LogP contribution in [0.2, 0.25) is 0 Å². The number of nitrogens with zero attached hydrogens (tertiary/aromatic N) is 2. The third kappa shape index (κ3) is 3.91. The summed E-state index contributed by atoms with van der Waals surface area (Å²) in [5.41, 5.74) is 1.57. The van der Waals surface area contributed by atoms with E-state index in [-0.39, 0.29) is 18.1 Å². The van der Waals surface area contributed by atoms with Crippen LogP contribution in [0.1, 0.15) is 24.1 Å². The number of aliphatic hydroxyl groups is 1. The Labute approximate surface area is 163 Å². The maximum atomic E-state index is 12.5. The number of anilines is 1. The summed E-state index contributed by atoms with van der Waals surface area (Å²) in [7, 11) is 0. The highest BCUT2D eigenvalue weighted by atomic mass is 32.1. The summed E-state index contributed by atoms with van der Waals surface area (Å²) in [5, 5.41) is 14.0. The second-order valence-electron chi connectivity index (χ2n) is 7.36. The van der Waals surface area contributed by atoms with Gasteiger partial charge in [-0.15, -0.1) is 11.3 Å². The molecular formula is C20H25N3O3S. The van der Waals surface area contributed by atoms with Gasteiger partial charge in [-0.3, -0.25) is 9.69 Å². The smallest absolute Gasteiger partial charge is 0.240 e. The third-order valence-corrected chi connectivity index (χ3v) is 6.37. The Morgan fingerprint density at radius 1 is 1.41 bits per heavy atom. The summed E-state index contributed by atoms with van der Waals surface area (Å²) in [6.45, 7) is 4.23. The molecule has 0 radical (unpaired) electrons. The number of likely N-dealkylation sites (tertiary alicyclic amines) is 1. The van der Waals surface area contributed by atoms with Gasteiger partial charge in [-0.25, -0.2) is 4.98 Å². The van der Waals surface area contributed by atoms with E-state index in [9.17, 15) is 9.90 Å². The van der Waals surface area contributed by atoms with E-state index in [4.69, 9.17) is 4.74 Å².